The van der Waals surface area contributed by atoms with Gasteiger partial charge in [-0.3, -0.25) is 4.99 Å². The highest BCUT2D eigenvalue weighted by Gasteiger charge is 2.27. The van der Waals surface area contributed by atoms with Crippen molar-refractivity contribution in [2.45, 2.75) is 12.6 Å². The topological polar surface area (TPSA) is 41.6 Å². The quantitative estimate of drug-likeness (QED) is 0.933. The molecule has 1 heterocycles. The first-order valence-corrected chi connectivity index (χ1v) is 7.45. The van der Waals surface area contributed by atoms with Gasteiger partial charge in [0.2, 0.25) is 0 Å². The molecule has 1 aliphatic heterocycles. The molecular weight excluding hydrogens is 305 g/mol. The number of benzene rings is 2. The summed E-state index contributed by atoms with van der Waals surface area (Å²) in [5, 5.41) is 1.25. The summed E-state index contributed by atoms with van der Waals surface area (Å²) in [6, 6.07) is 15.8. The zero-order valence-electron chi connectivity index (χ0n) is 11.3. The first kappa shape index (κ1) is 14.2. The van der Waals surface area contributed by atoms with Crippen LogP contribution in [0.5, 0.6) is 0 Å². The van der Waals surface area contributed by atoms with E-state index in [0.717, 1.165) is 5.56 Å². The van der Waals surface area contributed by atoms with Crippen LogP contribution in [0.15, 0.2) is 53.5 Å². The first-order valence-electron chi connectivity index (χ1n) is 6.70. The van der Waals surface area contributed by atoms with Crippen LogP contribution in [0.1, 0.15) is 17.2 Å². The number of nitrogens with two attached hydrogens (primary N) is 1. The van der Waals surface area contributed by atoms with Crippen molar-refractivity contribution in [1.29, 1.82) is 0 Å². The highest BCUT2D eigenvalue weighted by Crippen LogP contribution is 2.31. The molecule has 0 saturated carbocycles. The Morgan fingerprint density at radius 2 is 1.76 bits per heavy atom. The molecule has 2 aromatic rings. The number of guanidine groups is 1. The van der Waals surface area contributed by atoms with Gasteiger partial charge < -0.3 is 10.6 Å². The number of hydrogen-bond donors (Lipinski definition) is 1. The molecule has 0 amide bonds. The lowest BCUT2D eigenvalue weighted by molar-refractivity contribution is 0.340. The van der Waals surface area contributed by atoms with E-state index in [1.807, 2.05) is 30.3 Å². The summed E-state index contributed by atoms with van der Waals surface area (Å²) in [7, 11) is 0. The molecule has 1 unspecified atom stereocenters. The van der Waals surface area contributed by atoms with Gasteiger partial charge in [-0.2, -0.15) is 0 Å². The first-order chi connectivity index (χ1) is 10.1. The van der Waals surface area contributed by atoms with E-state index in [0.29, 0.717) is 29.1 Å². The average molecular weight is 320 g/mol. The largest absolute Gasteiger partial charge is 0.370 e. The maximum atomic E-state index is 6.10. The van der Waals surface area contributed by atoms with Crippen LogP contribution in [0.2, 0.25) is 10.0 Å². The van der Waals surface area contributed by atoms with Gasteiger partial charge in [-0.1, -0.05) is 53.5 Å². The normalized spacial score (nSPS) is 17.9. The molecule has 2 aromatic carbocycles. The fourth-order valence-electron chi connectivity index (χ4n) is 2.55. The Bertz CT molecular complexity index is 650. The number of aliphatic imine (C=N–C) groups is 1. The van der Waals surface area contributed by atoms with Crippen LogP contribution in [0.4, 0.5) is 0 Å². The summed E-state index contributed by atoms with van der Waals surface area (Å²) < 4.78 is 0. The Morgan fingerprint density at radius 3 is 2.43 bits per heavy atom. The summed E-state index contributed by atoms with van der Waals surface area (Å²) in [5.41, 5.74) is 8.27. The molecule has 0 aliphatic carbocycles. The summed E-state index contributed by atoms with van der Waals surface area (Å²) in [4.78, 5) is 6.45. The van der Waals surface area contributed by atoms with Crippen molar-refractivity contribution < 1.29 is 0 Å². The minimum Gasteiger partial charge on any atom is -0.370 e. The smallest absolute Gasteiger partial charge is 0.192 e. The van der Waals surface area contributed by atoms with E-state index in [4.69, 9.17) is 28.9 Å². The molecule has 0 bridgehead atoms. The molecule has 0 fully saturated rings. The van der Waals surface area contributed by atoms with E-state index < -0.39 is 0 Å². The molecule has 108 valence electrons. The molecule has 1 atom stereocenters. The van der Waals surface area contributed by atoms with Crippen LogP contribution in [0.25, 0.3) is 0 Å². The van der Waals surface area contributed by atoms with Gasteiger partial charge in [-0.25, -0.2) is 0 Å². The summed E-state index contributed by atoms with van der Waals surface area (Å²) >= 11 is 12.2. The Hall–Kier alpha value is -1.71. The fraction of sp³-hybridized carbons (Fsp3) is 0.188. The average Bonchev–Trinajstić information content (AvgIpc) is 2.80. The van der Waals surface area contributed by atoms with Crippen molar-refractivity contribution in [3.8, 4) is 0 Å². The molecule has 3 rings (SSSR count). The highest BCUT2D eigenvalue weighted by molar-refractivity contribution is 6.34. The third-order valence-electron chi connectivity index (χ3n) is 3.56. The van der Waals surface area contributed by atoms with Crippen LogP contribution in [-0.2, 0) is 6.54 Å². The second-order valence-electron chi connectivity index (χ2n) is 5.03. The van der Waals surface area contributed by atoms with Gasteiger partial charge in [0.15, 0.2) is 5.96 Å². The SMILES string of the molecule is NC1=NCC(c2cc(Cl)cc(Cl)c2)N1Cc1ccccc1. The lowest BCUT2D eigenvalue weighted by Gasteiger charge is -2.27. The third kappa shape index (κ3) is 3.14. The number of hydrogen-bond acceptors (Lipinski definition) is 3. The molecule has 0 radical (unpaired) electrons. The molecular formula is C16H15Cl2N3. The highest BCUT2D eigenvalue weighted by atomic mass is 35.5. The molecule has 3 nitrogen and oxygen atoms in total. The van der Waals surface area contributed by atoms with Crippen molar-refractivity contribution >= 4 is 29.2 Å². The van der Waals surface area contributed by atoms with Gasteiger partial charge in [-0.15, -0.1) is 0 Å². The maximum absolute atomic E-state index is 6.10. The zero-order chi connectivity index (χ0) is 14.8. The van der Waals surface area contributed by atoms with Gasteiger partial charge in [-0.05, 0) is 29.3 Å². The second kappa shape index (κ2) is 5.96. The van der Waals surface area contributed by atoms with Gasteiger partial charge in [0.25, 0.3) is 0 Å². The van der Waals surface area contributed by atoms with Crippen LogP contribution in [0, 0.1) is 0 Å². The standard InChI is InChI=1S/C16H15Cl2N3/c17-13-6-12(7-14(18)8-13)15-9-20-16(19)21(15)10-11-4-2-1-3-5-11/h1-8,15H,9-10H2,(H2,19,20). The van der Waals surface area contributed by atoms with Crippen molar-refractivity contribution in [2.75, 3.05) is 6.54 Å². The molecule has 2 N–H and O–H groups in total. The molecule has 5 heteroatoms. The second-order valence-corrected chi connectivity index (χ2v) is 5.90. The van der Waals surface area contributed by atoms with Gasteiger partial charge >= 0.3 is 0 Å². The van der Waals surface area contributed by atoms with Crippen LogP contribution < -0.4 is 5.73 Å². The predicted molar refractivity (Wildman–Crippen MR) is 87.7 cm³/mol. The molecule has 21 heavy (non-hydrogen) atoms. The molecule has 0 spiro atoms. The lowest BCUT2D eigenvalue weighted by Crippen LogP contribution is -2.35. The molecule has 0 saturated heterocycles. The summed E-state index contributed by atoms with van der Waals surface area (Å²) in [5.74, 6) is 0.556. The number of nitrogens with zero attached hydrogens (tertiary/aromatic N) is 2. The Balaban J connectivity index is 1.88. The lowest BCUT2D eigenvalue weighted by atomic mass is 10.1. The van der Waals surface area contributed by atoms with E-state index in [1.54, 1.807) is 6.07 Å². The molecule has 1 aliphatic rings. The van der Waals surface area contributed by atoms with Crippen LogP contribution in [0.3, 0.4) is 0 Å². The Morgan fingerprint density at radius 1 is 1.10 bits per heavy atom. The monoisotopic (exact) mass is 319 g/mol. The van der Waals surface area contributed by atoms with E-state index in [1.165, 1.54) is 5.56 Å². The minimum atomic E-state index is 0.0707. The fourth-order valence-corrected chi connectivity index (χ4v) is 3.10. The van der Waals surface area contributed by atoms with Crippen molar-refractivity contribution in [3.63, 3.8) is 0 Å². The van der Waals surface area contributed by atoms with E-state index in [2.05, 4.69) is 22.0 Å². The molecule has 0 aromatic heterocycles. The zero-order valence-corrected chi connectivity index (χ0v) is 12.8. The van der Waals surface area contributed by atoms with Gasteiger partial charge in [0.05, 0.1) is 12.6 Å². The van der Waals surface area contributed by atoms with E-state index >= 15 is 0 Å². The Kier molecular flexibility index (Phi) is 4.04. The maximum Gasteiger partial charge on any atom is 0.192 e. The summed E-state index contributed by atoms with van der Waals surface area (Å²) in [6.07, 6.45) is 0. The van der Waals surface area contributed by atoms with Crippen molar-refractivity contribution in [1.82, 2.24) is 4.90 Å². The van der Waals surface area contributed by atoms with Crippen LogP contribution >= 0.6 is 23.2 Å². The predicted octanol–water partition coefficient (Wildman–Crippen LogP) is 3.87. The van der Waals surface area contributed by atoms with Crippen LogP contribution in [-0.4, -0.2) is 17.4 Å². The minimum absolute atomic E-state index is 0.0707. The number of rotatable bonds is 3. The van der Waals surface area contributed by atoms with Gasteiger partial charge in [0, 0.05) is 16.6 Å². The van der Waals surface area contributed by atoms with Crippen molar-refractivity contribution in [2.24, 2.45) is 10.7 Å². The third-order valence-corrected chi connectivity index (χ3v) is 4.00. The Labute approximate surface area is 134 Å². The van der Waals surface area contributed by atoms with Gasteiger partial charge in [0.1, 0.15) is 0 Å². The van der Waals surface area contributed by atoms with E-state index in [9.17, 15) is 0 Å². The summed E-state index contributed by atoms with van der Waals surface area (Å²) in [6.45, 7) is 1.33. The van der Waals surface area contributed by atoms with Crippen molar-refractivity contribution in [3.05, 3.63) is 69.7 Å². The number of halogens is 2. The van der Waals surface area contributed by atoms with E-state index in [-0.39, 0.29) is 6.04 Å².